The van der Waals surface area contributed by atoms with E-state index in [0.717, 1.165) is 32.1 Å². The monoisotopic (exact) mass is 719 g/mol. The molecule has 1 amide bonds. The highest BCUT2D eigenvalue weighted by Crippen LogP contribution is 2.52. The number of amides is 1. The van der Waals surface area contributed by atoms with Gasteiger partial charge in [0.15, 0.2) is 6.04 Å². The third-order valence-electron chi connectivity index (χ3n) is 6.61. The van der Waals surface area contributed by atoms with Gasteiger partial charge in [-0.15, -0.1) is 0 Å². The number of ether oxygens (including phenoxy) is 3. The van der Waals surface area contributed by atoms with Gasteiger partial charge in [-0.25, -0.2) is 14.2 Å². The van der Waals surface area contributed by atoms with Crippen LogP contribution in [0.1, 0.15) is 166 Å². The lowest BCUT2D eigenvalue weighted by Crippen LogP contribution is -2.48. The lowest BCUT2D eigenvalue weighted by Gasteiger charge is -2.29. The molecule has 0 aromatic carbocycles. The summed E-state index contributed by atoms with van der Waals surface area (Å²) in [6.07, 6.45) is 19.8. The maximum Gasteiger partial charge on any atom is 0.475 e. The highest BCUT2D eigenvalue weighted by molar-refractivity contribution is 7.48. The quantitative estimate of drug-likeness (QED) is 0.0302. The van der Waals surface area contributed by atoms with E-state index in [2.05, 4.69) is 24.4 Å². The number of rotatable bonds is 26. The molecule has 11 nitrogen and oxygen atoms in total. The summed E-state index contributed by atoms with van der Waals surface area (Å²) in [6, 6.07) is -1.35. The average molecular weight is 720 g/mol. The number of unbranched alkanes of at least 4 members (excludes halogenated alkanes) is 11. The molecule has 0 bridgehead atoms. The van der Waals surface area contributed by atoms with E-state index in [1.165, 1.54) is 51.4 Å². The topological polar surface area (TPSA) is 136 Å². The minimum absolute atomic E-state index is 0.0835. The molecule has 0 saturated carbocycles. The van der Waals surface area contributed by atoms with Crippen molar-refractivity contribution in [2.45, 2.75) is 188 Å². The Morgan fingerprint density at radius 2 is 1.18 bits per heavy atom. The molecule has 288 valence electrons. The van der Waals surface area contributed by atoms with Crippen LogP contribution in [0.15, 0.2) is 12.2 Å². The first kappa shape index (κ1) is 47.1. The van der Waals surface area contributed by atoms with Gasteiger partial charge < -0.3 is 19.5 Å². The van der Waals surface area contributed by atoms with Crippen LogP contribution in [-0.4, -0.2) is 60.7 Å². The molecule has 0 radical (unpaired) electrons. The number of allylic oxidation sites excluding steroid dienone is 2. The zero-order chi connectivity index (χ0) is 37.4. The number of phosphoric acid groups is 1. The van der Waals surface area contributed by atoms with Gasteiger partial charge in [0, 0.05) is 12.8 Å². The number of hydrogen-bond donors (Lipinski definition) is 1. The van der Waals surface area contributed by atoms with E-state index < -0.39 is 49.3 Å². The van der Waals surface area contributed by atoms with Gasteiger partial charge >= 0.3 is 25.9 Å². The first-order chi connectivity index (χ1) is 22.8. The molecule has 12 heteroatoms. The summed E-state index contributed by atoms with van der Waals surface area (Å²) in [6.45, 7) is 16.8. The second-order valence-electron chi connectivity index (χ2n) is 15.4. The van der Waals surface area contributed by atoms with Gasteiger partial charge in [-0.05, 0) is 94.4 Å². The second kappa shape index (κ2) is 25.1. The lowest BCUT2D eigenvalue weighted by molar-refractivity contribution is -0.158. The van der Waals surface area contributed by atoms with E-state index >= 15 is 0 Å². The molecule has 1 N–H and O–H groups in total. The Hall–Kier alpha value is -1.94. The van der Waals surface area contributed by atoms with Crippen molar-refractivity contribution in [1.82, 2.24) is 5.32 Å². The van der Waals surface area contributed by atoms with Gasteiger partial charge in [0.25, 0.3) is 0 Å². The predicted molar refractivity (Wildman–Crippen MR) is 194 cm³/mol. The molecule has 1 unspecified atom stereocenters. The van der Waals surface area contributed by atoms with E-state index in [-0.39, 0.29) is 25.6 Å². The molecule has 0 aromatic rings. The third kappa shape index (κ3) is 30.6. The molecule has 0 heterocycles. The first-order valence-corrected chi connectivity index (χ1v) is 19.8. The molecule has 0 rings (SSSR count). The summed E-state index contributed by atoms with van der Waals surface area (Å²) in [5.41, 5.74) is -2.59. The zero-order valence-corrected chi connectivity index (χ0v) is 33.4. The standard InChI is InChI=1S/C37H70NO10P/c1-11-12-13-14-15-16-17-18-19-20-21-22-23-24-25-27-32(39)43-28-26-29-44-49(42,48-37(8,9)10)45-30-31(33(40)46-35(2,3)4)38-34(41)47-36(5,6)7/h18-19,31H,11-17,20-30H2,1-10H3,(H,38,41)/b19-18-/t31-,49?/m0/s1. The predicted octanol–water partition coefficient (Wildman–Crippen LogP) is 10.1. The van der Waals surface area contributed by atoms with Crippen molar-refractivity contribution in [1.29, 1.82) is 0 Å². The van der Waals surface area contributed by atoms with Crippen LogP contribution in [-0.2, 0) is 41.9 Å². The molecule has 0 aromatic heterocycles. The van der Waals surface area contributed by atoms with Crippen LogP contribution in [0, 0.1) is 0 Å². The minimum atomic E-state index is -4.22. The van der Waals surface area contributed by atoms with E-state index in [9.17, 15) is 18.9 Å². The van der Waals surface area contributed by atoms with Crippen molar-refractivity contribution in [2.75, 3.05) is 19.8 Å². The van der Waals surface area contributed by atoms with Crippen LogP contribution in [0.2, 0.25) is 0 Å². The summed E-state index contributed by atoms with van der Waals surface area (Å²) < 4.78 is 46.2. The first-order valence-electron chi connectivity index (χ1n) is 18.4. The van der Waals surface area contributed by atoms with Gasteiger partial charge in [-0.1, -0.05) is 70.4 Å². The largest absolute Gasteiger partial charge is 0.475 e. The van der Waals surface area contributed by atoms with Crippen molar-refractivity contribution in [2.24, 2.45) is 0 Å². The molecule has 0 fully saturated rings. The Labute approximate surface area is 297 Å². The summed E-state index contributed by atoms with van der Waals surface area (Å²) in [7, 11) is -4.22. The smallest absolute Gasteiger partial charge is 0.466 e. The highest BCUT2D eigenvalue weighted by Gasteiger charge is 2.37. The minimum Gasteiger partial charge on any atom is -0.466 e. The Morgan fingerprint density at radius 3 is 1.71 bits per heavy atom. The summed E-state index contributed by atoms with van der Waals surface area (Å²) in [5, 5.41) is 2.41. The number of carbonyl (C=O) groups excluding carboxylic acids is 3. The van der Waals surface area contributed by atoms with Crippen molar-refractivity contribution in [3.05, 3.63) is 12.2 Å². The zero-order valence-electron chi connectivity index (χ0n) is 32.5. The highest BCUT2D eigenvalue weighted by atomic mass is 31.2. The van der Waals surface area contributed by atoms with Gasteiger partial charge in [-0.2, -0.15) is 0 Å². The molecule has 0 aliphatic carbocycles. The Balaban J connectivity index is 4.54. The molecular formula is C37H70NO10P. The SMILES string of the molecule is CCCCCCCC/C=C\CCCCCCCC(=O)OCCCOP(=O)(OC[C@H](NC(=O)OC(C)(C)C)C(=O)OC(C)(C)C)OC(C)(C)C. The number of hydrogen-bond acceptors (Lipinski definition) is 10. The molecular weight excluding hydrogens is 649 g/mol. The van der Waals surface area contributed by atoms with Gasteiger partial charge in [-0.3, -0.25) is 18.4 Å². The normalized spacial score (nSPS) is 14.3. The van der Waals surface area contributed by atoms with Crippen molar-refractivity contribution >= 4 is 25.9 Å². The van der Waals surface area contributed by atoms with Gasteiger partial charge in [0.1, 0.15) is 11.2 Å². The van der Waals surface area contributed by atoms with E-state index in [4.69, 9.17) is 27.8 Å². The number of esters is 2. The van der Waals surface area contributed by atoms with Crippen molar-refractivity contribution in [3.63, 3.8) is 0 Å². The Bertz CT molecular complexity index is 995. The average Bonchev–Trinajstić information content (AvgIpc) is 2.94. The molecule has 0 aliphatic rings. The van der Waals surface area contributed by atoms with E-state index in [1.807, 2.05) is 0 Å². The van der Waals surface area contributed by atoms with Crippen LogP contribution in [0.5, 0.6) is 0 Å². The van der Waals surface area contributed by atoms with Crippen LogP contribution >= 0.6 is 7.82 Å². The van der Waals surface area contributed by atoms with E-state index in [0.29, 0.717) is 6.42 Å². The molecule has 49 heavy (non-hydrogen) atoms. The summed E-state index contributed by atoms with van der Waals surface area (Å²) in [5.74, 6) is -1.09. The fraction of sp³-hybridized carbons (Fsp3) is 0.865. The fourth-order valence-electron chi connectivity index (χ4n) is 4.42. The number of carbonyl (C=O) groups is 3. The summed E-state index contributed by atoms with van der Waals surface area (Å²) >= 11 is 0. The molecule has 2 atom stereocenters. The number of alkyl carbamates (subject to hydrolysis) is 1. The van der Waals surface area contributed by atoms with Crippen LogP contribution in [0.3, 0.4) is 0 Å². The van der Waals surface area contributed by atoms with E-state index in [1.54, 1.807) is 62.3 Å². The third-order valence-corrected chi connectivity index (χ3v) is 8.35. The Morgan fingerprint density at radius 1 is 0.653 bits per heavy atom. The van der Waals surface area contributed by atoms with Crippen LogP contribution in [0.25, 0.3) is 0 Å². The molecule has 0 saturated heterocycles. The summed E-state index contributed by atoms with van der Waals surface area (Å²) in [4.78, 5) is 37.4. The van der Waals surface area contributed by atoms with Crippen LogP contribution < -0.4 is 5.32 Å². The molecule has 0 aliphatic heterocycles. The number of nitrogens with one attached hydrogen (secondary N) is 1. The number of phosphoric ester groups is 1. The molecule has 0 spiro atoms. The maximum atomic E-state index is 13.5. The van der Waals surface area contributed by atoms with Gasteiger partial charge in [0.05, 0.1) is 25.4 Å². The van der Waals surface area contributed by atoms with Gasteiger partial charge in [0.2, 0.25) is 0 Å². The Kier molecular flexibility index (Phi) is 24.1. The second-order valence-corrected chi connectivity index (χ2v) is 17.0. The maximum absolute atomic E-state index is 13.5. The lowest BCUT2D eigenvalue weighted by atomic mass is 10.1. The van der Waals surface area contributed by atoms with Crippen molar-refractivity contribution in [3.8, 4) is 0 Å². The van der Waals surface area contributed by atoms with Crippen molar-refractivity contribution < 1.29 is 46.7 Å². The fourth-order valence-corrected chi connectivity index (χ4v) is 5.95. The van der Waals surface area contributed by atoms with Crippen LogP contribution in [0.4, 0.5) is 4.79 Å².